The minimum absolute atomic E-state index is 0.0267. The normalized spacial score (nSPS) is 13.4. The highest BCUT2D eigenvalue weighted by Gasteiger charge is 2.20. The number of primary sulfonamides is 1. The van der Waals surface area contributed by atoms with Gasteiger partial charge in [-0.15, -0.1) is 0 Å². The summed E-state index contributed by atoms with van der Waals surface area (Å²) >= 11 is 0. The number of nitrogens with zero attached hydrogens (tertiary/aromatic N) is 1. The molecule has 1 amide bonds. The van der Waals surface area contributed by atoms with E-state index < -0.39 is 10.0 Å². The Morgan fingerprint density at radius 1 is 1.43 bits per heavy atom. The molecule has 0 radical (unpaired) electrons. The van der Waals surface area contributed by atoms with Gasteiger partial charge in [0.25, 0.3) is 5.91 Å². The second kappa shape index (κ2) is 7.06. The quantitative estimate of drug-likeness (QED) is 0.766. The first kappa shape index (κ1) is 17.7. The van der Waals surface area contributed by atoms with Crippen LogP contribution in [0.2, 0.25) is 0 Å². The van der Waals surface area contributed by atoms with E-state index in [0.29, 0.717) is 13.2 Å². The van der Waals surface area contributed by atoms with Crippen LogP contribution in [-0.2, 0) is 21.3 Å². The first-order valence-electron chi connectivity index (χ1n) is 6.69. The molecule has 0 saturated heterocycles. The van der Waals surface area contributed by atoms with Gasteiger partial charge in [-0.3, -0.25) is 4.79 Å². The molecular formula is C13H23N3O4S. The summed E-state index contributed by atoms with van der Waals surface area (Å²) in [4.78, 5) is 12.2. The van der Waals surface area contributed by atoms with Gasteiger partial charge in [0.2, 0.25) is 10.0 Å². The third kappa shape index (κ3) is 4.83. The fraction of sp³-hybridized carbons (Fsp3) is 0.615. The number of sulfonamides is 1. The molecule has 3 N–H and O–H groups in total. The molecule has 0 saturated carbocycles. The fourth-order valence-electron chi connectivity index (χ4n) is 1.65. The molecule has 8 heteroatoms. The van der Waals surface area contributed by atoms with Gasteiger partial charge in [0, 0.05) is 25.9 Å². The van der Waals surface area contributed by atoms with E-state index in [9.17, 15) is 13.2 Å². The Bertz CT molecular complexity index is 593. The highest BCUT2D eigenvalue weighted by Crippen LogP contribution is 2.14. The minimum atomic E-state index is -3.85. The molecule has 1 heterocycles. The Kier molecular flexibility index (Phi) is 5.94. The molecule has 0 spiro atoms. The van der Waals surface area contributed by atoms with Crippen LogP contribution < -0.4 is 10.5 Å². The maximum absolute atomic E-state index is 12.3. The smallest absolute Gasteiger partial charge is 0.268 e. The largest absolute Gasteiger partial charge is 0.383 e. The van der Waals surface area contributed by atoms with Crippen molar-refractivity contribution >= 4 is 15.9 Å². The number of hydrogen-bond acceptors (Lipinski definition) is 4. The van der Waals surface area contributed by atoms with Crippen LogP contribution in [0.4, 0.5) is 0 Å². The fourth-order valence-corrected chi connectivity index (χ4v) is 2.20. The third-order valence-electron chi connectivity index (χ3n) is 3.33. The van der Waals surface area contributed by atoms with Crippen molar-refractivity contribution in [3.63, 3.8) is 0 Å². The molecule has 7 nitrogen and oxygen atoms in total. The van der Waals surface area contributed by atoms with E-state index in [1.165, 1.54) is 23.9 Å². The van der Waals surface area contributed by atoms with Crippen LogP contribution in [0.25, 0.3) is 0 Å². The molecule has 0 fully saturated rings. The van der Waals surface area contributed by atoms with Crippen LogP contribution in [-0.4, -0.2) is 38.7 Å². The molecule has 1 aromatic rings. The van der Waals surface area contributed by atoms with Gasteiger partial charge < -0.3 is 14.6 Å². The lowest BCUT2D eigenvalue weighted by Crippen LogP contribution is -2.37. The molecule has 0 bridgehead atoms. The highest BCUT2D eigenvalue weighted by molar-refractivity contribution is 7.89. The first-order chi connectivity index (χ1) is 9.66. The first-order valence-corrected chi connectivity index (χ1v) is 8.24. The number of nitrogens with two attached hydrogens (primary N) is 1. The van der Waals surface area contributed by atoms with E-state index in [1.807, 2.05) is 20.8 Å². The van der Waals surface area contributed by atoms with Crippen LogP contribution in [0.15, 0.2) is 17.2 Å². The molecular weight excluding hydrogens is 294 g/mol. The number of carbonyl (C=O) groups is 1. The monoisotopic (exact) mass is 317 g/mol. The van der Waals surface area contributed by atoms with Crippen molar-refractivity contribution in [1.29, 1.82) is 0 Å². The molecule has 1 atom stereocenters. The van der Waals surface area contributed by atoms with Gasteiger partial charge in [-0.05, 0) is 18.9 Å². The SMILES string of the molecule is COCCn1cc(S(N)(=O)=O)cc1C(=O)NC(C)C(C)C. The number of aromatic nitrogens is 1. The van der Waals surface area contributed by atoms with Crippen molar-refractivity contribution in [2.45, 2.75) is 38.3 Å². The van der Waals surface area contributed by atoms with Gasteiger partial charge >= 0.3 is 0 Å². The van der Waals surface area contributed by atoms with E-state index in [4.69, 9.17) is 9.88 Å². The van der Waals surface area contributed by atoms with E-state index in [1.54, 1.807) is 0 Å². The van der Waals surface area contributed by atoms with Crippen LogP contribution in [0.5, 0.6) is 0 Å². The number of nitrogens with one attached hydrogen (secondary N) is 1. The topological polar surface area (TPSA) is 103 Å². The van der Waals surface area contributed by atoms with E-state index in [2.05, 4.69) is 5.32 Å². The Hall–Kier alpha value is -1.38. The summed E-state index contributed by atoms with van der Waals surface area (Å²) < 4.78 is 29.3. The van der Waals surface area contributed by atoms with Crippen molar-refractivity contribution in [3.05, 3.63) is 18.0 Å². The Morgan fingerprint density at radius 2 is 2.05 bits per heavy atom. The summed E-state index contributed by atoms with van der Waals surface area (Å²) in [6.07, 6.45) is 1.35. The number of ether oxygens (including phenoxy) is 1. The molecule has 1 aromatic heterocycles. The number of methoxy groups -OCH3 is 1. The number of rotatable bonds is 7. The number of carbonyl (C=O) groups excluding carboxylic acids is 1. The lowest BCUT2D eigenvalue weighted by atomic mass is 10.1. The zero-order valence-corrected chi connectivity index (χ0v) is 13.6. The Labute approximate surface area is 125 Å². The van der Waals surface area contributed by atoms with Gasteiger partial charge in [0.1, 0.15) is 10.6 Å². The summed E-state index contributed by atoms with van der Waals surface area (Å²) in [5, 5.41) is 7.95. The lowest BCUT2D eigenvalue weighted by Gasteiger charge is -2.18. The Morgan fingerprint density at radius 3 is 2.52 bits per heavy atom. The second-order valence-corrected chi connectivity index (χ2v) is 6.86. The van der Waals surface area contributed by atoms with Gasteiger partial charge in [0.15, 0.2) is 0 Å². The third-order valence-corrected chi connectivity index (χ3v) is 4.21. The van der Waals surface area contributed by atoms with Gasteiger partial charge in [-0.1, -0.05) is 13.8 Å². The predicted molar refractivity (Wildman–Crippen MR) is 79.4 cm³/mol. The number of hydrogen-bond donors (Lipinski definition) is 2. The van der Waals surface area contributed by atoms with Crippen molar-refractivity contribution in [1.82, 2.24) is 9.88 Å². The van der Waals surface area contributed by atoms with Crippen LogP contribution >= 0.6 is 0 Å². The average Bonchev–Trinajstić information content (AvgIpc) is 2.80. The summed E-state index contributed by atoms with van der Waals surface area (Å²) in [5.74, 6) is -0.0590. The average molecular weight is 317 g/mol. The van der Waals surface area contributed by atoms with Crippen molar-refractivity contribution in [3.8, 4) is 0 Å². The summed E-state index contributed by atoms with van der Waals surface area (Å²) in [7, 11) is -2.32. The maximum Gasteiger partial charge on any atom is 0.268 e. The zero-order chi connectivity index (χ0) is 16.2. The van der Waals surface area contributed by atoms with Crippen LogP contribution in [0.3, 0.4) is 0 Å². The molecule has 1 unspecified atom stereocenters. The second-order valence-electron chi connectivity index (χ2n) is 5.30. The van der Waals surface area contributed by atoms with Gasteiger partial charge in [-0.25, -0.2) is 13.6 Å². The van der Waals surface area contributed by atoms with Gasteiger partial charge in [-0.2, -0.15) is 0 Å². The standard InChI is InChI=1S/C13H23N3O4S/c1-9(2)10(3)15-13(17)12-7-11(21(14,18)19)8-16(12)5-6-20-4/h7-10H,5-6H2,1-4H3,(H,15,17)(H2,14,18,19). The maximum atomic E-state index is 12.3. The van der Waals surface area contributed by atoms with Gasteiger partial charge in [0.05, 0.1) is 6.61 Å². The summed E-state index contributed by atoms with van der Waals surface area (Å²) in [5.41, 5.74) is 0.253. The summed E-state index contributed by atoms with van der Waals surface area (Å²) in [6, 6.07) is 1.26. The van der Waals surface area contributed by atoms with E-state index in [0.717, 1.165) is 0 Å². The van der Waals surface area contributed by atoms with E-state index in [-0.39, 0.29) is 28.5 Å². The minimum Gasteiger partial charge on any atom is -0.383 e. The molecule has 0 aliphatic heterocycles. The predicted octanol–water partition coefficient (Wildman–Crippen LogP) is 0.556. The van der Waals surface area contributed by atoms with Crippen LogP contribution in [0, 0.1) is 5.92 Å². The molecule has 0 aliphatic carbocycles. The number of amides is 1. The van der Waals surface area contributed by atoms with Crippen molar-refractivity contribution in [2.24, 2.45) is 11.1 Å². The lowest BCUT2D eigenvalue weighted by molar-refractivity contribution is 0.0918. The molecule has 120 valence electrons. The Balaban J connectivity index is 3.08. The molecule has 1 rings (SSSR count). The summed E-state index contributed by atoms with van der Waals surface area (Å²) in [6.45, 7) is 6.60. The zero-order valence-electron chi connectivity index (χ0n) is 12.8. The van der Waals surface area contributed by atoms with E-state index >= 15 is 0 Å². The molecule has 21 heavy (non-hydrogen) atoms. The van der Waals surface area contributed by atoms with Crippen LogP contribution in [0.1, 0.15) is 31.3 Å². The molecule has 0 aromatic carbocycles. The van der Waals surface area contributed by atoms with Crippen molar-refractivity contribution in [2.75, 3.05) is 13.7 Å². The highest BCUT2D eigenvalue weighted by atomic mass is 32.2. The molecule has 0 aliphatic rings. The van der Waals surface area contributed by atoms with Crippen molar-refractivity contribution < 1.29 is 17.9 Å².